The minimum Gasteiger partial charge on any atom is -0.497 e. The van der Waals surface area contributed by atoms with Crippen molar-refractivity contribution in [3.8, 4) is 0 Å². The van der Waals surface area contributed by atoms with Gasteiger partial charge in [0.25, 0.3) is 0 Å². The largest absolute Gasteiger partial charge is 0.497 e. The molecule has 0 heterocycles. The van der Waals surface area contributed by atoms with Crippen LogP contribution in [-0.2, 0) is 9.53 Å². The molecule has 0 aliphatic heterocycles. The molecule has 0 fully saturated rings. The van der Waals surface area contributed by atoms with E-state index in [0.717, 1.165) is 30.4 Å². The maximum absolute atomic E-state index is 11.2. The molecule has 1 N–H and O–H groups in total. The number of carboxylic acid groups (broad SMARTS) is 1. The third kappa shape index (κ3) is 3.91. The highest BCUT2D eigenvalue weighted by Crippen LogP contribution is 2.24. The number of carboxylic acids is 1. The highest BCUT2D eigenvalue weighted by atomic mass is 16.5. The molecule has 0 unspecified atom stereocenters. The summed E-state index contributed by atoms with van der Waals surface area (Å²) in [5.41, 5.74) is 2.45. The van der Waals surface area contributed by atoms with Crippen LogP contribution in [0.3, 0.4) is 0 Å². The first-order valence-corrected chi connectivity index (χ1v) is 6.08. The first-order chi connectivity index (χ1) is 8.58. The van der Waals surface area contributed by atoms with Gasteiger partial charge in [0.2, 0.25) is 0 Å². The first kappa shape index (κ1) is 14.3. The van der Waals surface area contributed by atoms with E-state index in [9.17, 15) is 4.79 Å². The molecule has 0 radical (unpaired) electrons. The lowest BCUT2D eigenvalue weighted by Crippen LogP contribution is -2.04. The molecule has 0 saturated carbocycles. The van der Waals surface area contributed by atoms with Crippen molar-refractivity contribution in [1.29, 1.82) is 0 Å². The number of hydrogen-bond donors (Lipinski definition) is 1. The van der Waals surface area contributed by atoms with Gasteiger partial charge in [-0.1, -0.05) is 18.2 Å². The molecular weight excluding hydrogens is 228 g/mol. The van der Waals surface area contributed by atoms with Crippen molar-refractivity contribution in [3.05, 3.63) is 47.3 Å². The van der Waals surface area contributed by atoms with Crippen molar-refractivity contribution >= 4 is 5.97 Å². The second-order valence-electron chi connectivity index (χ2n) is 4.31. The number of ether oxygens (including phenoxy) is 1. The topological polar surface area (TPSA) is 46.5 Å². The fourth-order valence-corrected chi connectivity index (χ4v) is 1.94. The summed E-state index contributed by atoms with van der Waals surface area (Å²) in [6.07, 6.45) is 8.54. The van der Waals surface area contributed by atoms with Crippen LogP contribution in [0.2, 0.25) is 0 Å². The van der Waals surface area contributed by atoms with E-state index in [0.29, 0.717) is 17.8 Å². The molecule has 0 spiro atoms. The first-order valence-electron chi connectivity index (χ1n) is 6.08. The van der Waals surface area contributed by atoms with Crippen LogP contribution in [0.5, 0.6) is 0 Å². The number of rotatable bonds is 2. The third-order valence-corrected chi connectivity index (χ3v) is 3.08. The number of carbonyl (C=O) groups is 1. The van der Waals surface area contributed by atoms with E-state index in [2.05, 4.69) is 6.58 Å². The second-order valence-corrected chi connectivity index (χ2v) is 4.31. The lowest BCUT2D eigenvalue weighted by molar-refractivity contribution is -0.132. The van der Waals surface area contributed by atoms with Gasteiger partial charge < -0.3 is 9.84 Å². The standard InChI is InChI=1S/C15H20O3/c1-4-12-7-5-6-11(2)14(18-3)9-8-13(10-12)15(16)17/h4,8-9H,2,5-7,10H2,1,3H3,(H,16,17)/b12-4+,13-8+,14-9?. The Labute approximate surface area is 108 Å². The van der Waals surface area contributed by atoms with Crippen molar-refractivity contribution in [2.45, 2.75) is 32.6 Å². The van der Waals surface area contributed by atoms with Crippen LogP contribution in [0.4, 0.5) is 0 Å². The lowest BCUT2D eigenvalue weighted by atomic mass is 9.96. The molecule has 18 heavy (non-hydrogen) atoms. The smallest absolute Gasteiger partial charge is 0.331 e. The fraction of sp³-hybridized carbons (Fsp3) is 0.400. The Balaban J connectivity index is 3.10. The molecule has 98 valence electrons. The molecule has 0 aromatic rings. The van der Waals surface area contributed by atoms with Crippen molar-refractivity contribution in [2.24, 2.45) is 0 Å². The molecule has 3 heteroatoms. The molecule has 0 bridgehead atoms. The average Bonchev–Trinajstić information content (AvgIpc) is 2.35. The highest BCUT2D eigenvalue weighted by Gasteiger charge is 2.12. The Morgan fingerprint density at radius 3 is 2.72 bits per heavy atom. The van der Waals surface area contributed by atoms with Crippen LogP contribution >= 0.6 is 0 Å². The van der Waals surface area contributed by atoms with E-state index in [1.54, 1.807) is 19.3 Å². The average molecular weight is 248 g/mol. The van der Waals surface area contributed by atoms with Crippen LogP contribution in [-0.4, -0.2) is 18.2 Å². The van der Waals surface area contributed by atoms with E-state index in [4.69, 9.17) is 9.84 Å². The molecule has 1 aliphatic rings. The van der Waals surface area contributed by atoms with Gasteiger partial charge in [0, 0.05) is 12.0 Å². The Hall–Kier alpha value is -1.77. The van der Waals surface area contributed by atoms with Crippen LogP contribution in [0.25, 0.3) is 0 Å². The Morgan fingerprint density at radius 2 is 2.17 bits per heavy atom. The maximum Gasteiger partial charge on any atom is 0.331 e. The molecule has 0 atom stereocenters. The van der Waals surface area contributed by atoms with Crippen LogP contribution in [0.15, 0.2) is 47.3 Å². The quantitative estimate of drug-likeness (QED) is 0.759. The number of hydrogen-bond acceptors (Lipinski definition) is 2. The van der Waals surface area contributed by atoms with Gasteiger partial charge in [0.1, 0.15) is 5.76 Å². The van der Waals surface area contributed by atoms with Gasteiger partial charge >= 0.3 is 5.97 Å². The molecule has 0 saturated heterocycles. The van der Waals surface area contributed by atoms with Crippen LogP contribution in [0, 0.1) is 0 Å². The van der Waals surface area contributed by atoms with Gasteiger partial charge in [-0.25, -0.2) is 4.79 Å². The molecule has 3 nitrogen and oxygen atoms in total. The summed E-state index contributed by atoms with van der Waals surface area (Å²) in [6.45, 7) is 5.92. The SMILES string of the molecule is C=C1CCC/C(=C\C)C/C(C(=O)O)=C\C=C1OC. The minimum atomic E-state index is -0.882. The Morgan fingerprint density at radius 1 is 1.44 bits per heavy atom. The van der Waals surface area contributed by atoms with E-state index in [-0.39, 0.29) is 0 Å². The maximum atomic E-state index is 11.2. The van der Waals surface area contributed by atoms with E-state index >= 15 is 0 Å². The van der Waals surface area contributed by atoms with Crippen LogP contribution in [0.1, 0.15) is 32.6 Å². The zero-order valence-corrected chi connectivity index (χ0v) is 11.0. The molecule has 1 aliphatic carbocycles. The predicted octanol–water partition coefficient (Wildman–Crippen LogP) is 3.60. The summed E-state index contributed by atoms with van der Waals surface area (Å²) >= 11 is 0. The van der Waals surface area contributed by atoms with Crippen LogP contribution < -0.4 is 0 Å². The highest BCUT2D eigenvalue weighted by molar-refractivity contribution is 5.87. The summed E-state index contributed by atoms with van der Waals surface area (Å²) < 4.78 is 5.23. The Kier molecular flexibility index (Phi) is 5.43. The zero-order valence-electron chi connectivity index (χ0n) is 11.0. The van der Waals surface area contributed by atoms with Gasteiger partial charge in [-0.05, 0) is 43.9 Å². The van der Waals surface area contributed by atoms with E-state index < -0.39 is 5.97 Å². The van der Waals surface area contributed by atoms with E-state index in [1.807, 2.05) is 13.0 Å². The van der Waals surface area contributed by atoms with Crippen molar-refractivity contribution in [1.82, 2.24) is 0 Å². The zero-order chi connectivity index (χ0) is 13.5. The summed E-state index contributed by atoms with van der Waals surface area (Å²) in [7, 11) is 1.58. The monoisotopic (exact) mass is 248 g/mol. The van der Waals surface area contributed by atoms with Gasteiger partial charge in [-0.3, -0.25) is 0 Å². The van der Waals surface area contributed by atoms with Gasteiger partial charge in [-0.2, -0.15) is 0 Å². The molecule has 0 aromatic heterocycles. The second kappa shape index (κ2) is 6.84. The normalized spacial score (nSPS) is 23.0. The molecule has 0 aromatic carbocycles. The third-order valence-electron chi connectivity index (χ3n) is 3.08. The number of allylic oxidation sites excluding steroid dienone is 5. The van der Waals surface area contributed by atoms with Crippen molar-refractivity contribution < 1.29 is 14.6 Å². The van der Waals surface area contributed by atoms with Crippen molar-refractivity contribution in [3.63, 3.8) is 0 Å². The summed E-state index contributed by atoms with van der Waals surface area (Å²) in [5, 5.41) is 9.17. The predicted molar refractivity (Wildman–Crippen MR) is 72.2 cm³/mol. The van der Waals surface area contributed by atoms with Gasteiger partial charge in [0.15, 0.2) is 0 Å². The van der Waals surface area contributed by atoms with Gasteiger partial charge in [0.05, 0.1) is 7.11 Å². The van der Waals surface area contributed by atoms with Gasteiger partial charge in [-0.15, -0.1) is 0 Å². The Bertz CT molecular complexity index is 425. The van der Waals surface area contributed by atoms with E-state index in [1.165, 1.54) is 0 Å². The molecule has 1 rings (SSSR count). The number of aliphatic carboxylic acids is 1. The molecular formula is C15H20O3. The number of methoxy groups -OCH3 is 1. The molecule has 0 amide bonds. The van der Waals surface area contributed by atoms with Crippen molar-refractivity contribution in [2.75, 3.05) is 7.11 Å². The summed E-state index contributed by atoms with van der Waals surface area (Å²) in [5.74, 6) is -0.218. The minimum absolute atomic E-state index is 0.382. The lowest BCUT2D eigenvalue weighted by Gasteiger charge is -2.13. The summed E-state index contributed by atoms with van der Waals surface area (Å²) in [6, 6.07) is 0. The summed E-state index contributed by atoms with van der Waals surface area (Å²) in [4.78, 5) is 11.2. The fourth-order valence-electron chi connectivity index (χ4n) is 1.94.